The number of fused-ring (bicyclic) bond motifs is 7. The van der Waals surface area contributed by atoms with Gasteiger partial charge in [-0.3, -0.25) is 4.79 Å². The third-order valence-electron chi connectivity index (χ3n) is 15.6. The first-order chi connectivity index (χ1) is 21.4. The molecule has 0 radical (unpaired) electrons. The van der Waals surface area contributed by atoms with Crippen molar-refractivity contribution in [1.29, 1.82) is 0 Å². The molecule has 0 aromatic rings. The number of esters is 1. The summed E-state index contributed by atoms with van der Waals surface area (Å²) in [5.41, 5.74) is 1.84. The molecule has 5 fully saturated rings. The van der Waals surface area contributed by atoms with E-state index >= 15 is 0 Å². The number of carbonyl (C=O) groups is 2. The zero-order valence-corrected chi connectivity index (χ0v) is 30.0. The van der Waals surface area contributed by atoms with Gasteiger partial charge in [-0.1, -0.05) is 66.2 Å². The van der Waals surface area contributed by atoms with Crippen LogP contribution in [0.5, 0.6) is 0 Å². The van der Waals surface area contributed by atoms with Gasteiger partial charge in [0.05, 0.1) is 24.2 Å². The van der Waals surface area contributed by atoms with Crippen molar-refractivity contribution in [2.75, 3.05) is 6.61 Å². The highest BCUT2D eigenvalue weighted by Gasteiger charge is 2.70. The summed E-state index contributed by atoms with van der Waals surface area (Å²) in [6, 6.07) is 0. The zero-order chi connectivity index (χ0) is 33.7. The van der Waals surface area contributed by atoms with Crippen LogP contribution in [0.1, 0.15) is 127 Å². The van der Waals surface area contributed by atoms with Crippen LogP contribution in [0.25, 0.3) is 0 Å². The molecule has 1 heterocycles. The van der Waals surface area contributed by atoms with Crippen molar-refractivity contribution in [3.8, 4) is 0 Å². The molecule has 0 aromatic heterocycles. The van der Waals surface area contributed by atoms with E-state index in [1.165, 1.54) is 11.1 Å². The average Bonchev–Trinajstić information content (AvgIpc) is 3.43. The van der Waals surface area contributed by atoms with Gasteiger partial charge in [0.25, 0.3) is 0 Å². The first kappa shape index (κ1) is 34.0. The first-order valence-electron chi connectivity index (χ1n) is 18.1. The molecule has 0 amide bonds. The molecule has 5 aliphatic carbocycles. The first-order valence-corrected chi connectivity index (χ1v) is 18.1. The number of aliphatic hydroxyl groups excluding tert-OH is 1. The van der Waals surface area contributed by atoms with Gasteiger partial charge in [-0.05, 0) is 116 Å². The van der Waals surface area contributed by atoms with Crippen molar-refractivity contribution in [1.82, 2.24) is 0 Å². The molecule has 0 spiro atoms. The van der Waals surface area contributed by atoms with Crippen LogP contribution in [0.4, 0.5) is 0 Å². The lowest BCUT2D eigenvalue weighted by molar-refractivity contribution is -0.210. The molecule has 1 saturated heterocycles. The van der Waals surface area contributed by atoms with Crippen LogP contribution in [0.2, 0.25) is 0 Å². The van der Waals surface area contributed by atoms with Crippen molar-refractivity contribution in [2.24, 2.45) is 50.2 Å². The lowest BCUT2D eigenvalue weighted by atomic mass is 9.33. The van der Waals surface area contributed by atoms with Crippen LogP contribution in [0.3, 0.4) is 0 Å². The predicted molar refractivity (Wildman–Crippen MR) is 180 cm³/mol. The zero-order valence-electron chi connectivity index (χ0n) is 30.0. The fourth-order valence-electron chi connectivity index (χ4n) is 12.3. The van der Waals surface area contributed by atoms with Gasteiger partial charge in [0.2, 0.25) is 0 Å². The number of hydrogen-bond acceptors (Lipinski definition) is 5. The summed E-state index contributed by atoms with van der Waals surface area (Å²) in [6.07, 6.45) is 14.0. The summed E-state index contributed by atoms with van der Waals surface area (Å²) in [5.74, 6) is -0.204. The highest BCUT2D eigenvalue weighted by Crippen LogP contribution is 2.75. The Kier molecular flexibility index (Phi) is 8.16. The molecule has 2 unspecified atom stereocenters. The third-order valence-corrected chi connectivity index (χ3v) is 15.6. The fourth-order valence-corrected chi connectivity index (χ4v) is 12.3. The van der Waals surface area contributed by atoms with Gasteiger partial charge in [-0.15, -0.1) is 0 Å². The van der Waals surface area contributed by atoms with E-state index in [1.54, 1.807) is 6.92 Å². The Morgan fingerprint density at radius 2 is 1.70 bits per heavy atom. The molecule has 0 aromatic carbocycles. The highest BCUT2D eigenvalue weighted by atomic mass is 16.5. The van der Waals surface area contributed by atoms with Gasteiger partial charge in [0.15, 0.2) is 0 Å². The topological polar surface area (TPSA) is 93.1 Å². The molecule has 2 N–H and O–H groups in total. The van der Waals surface area contributed by atoms with Gasteiger partial charge in [-0.25, -0.2) is 4.79 Å². The molecule has 6 heteroatoms. The predicted octanol–water partition coefficient (Wildman–Crippen LogP) is 8.44. The maximum absolute atomic E-state index is 13.4. The van der Waals surface area contributed by atoms with Crippen LogP contribution in [0, 0.1) is 50.2 Å². The lowest BCUT2D eigenvalue weighted by Crippen LogP contribution is -2.65. The average molecular weight is 637 g/mol. The summed E-state index contributed by atoms with van der Waals surface area (Å²) in [6.45, 7) is 20.8. The van der Waals surface area contributed by atoms with Crippen LogP contribution in [0.15, 0.2) is 34.9 Å². The Morgan fingerprint density at radius 3 is 2.35 bits per heavy atom. The molecular formula is C40H60O6. The number of aliphatic hydroxyl groups is 1. The molecule has 6 aliphatic rings. The third kappa shape index (κ3) is 4.76. The van der Waals surface area contributed by atoms with Gasteiger partial charge >= 0.3 is 11.9 Å². The minimum Gasteiger partial charge on any atom is -0.481 e. The van der Waals surface area contributed by atoms with E-state index < -0.39 is 17.5 Å². The van der Waals surface area contributed by atoms with Gasteiger partial charge in [0.1, 0.15) is 6.10 Å². The SMILES string of the molecule is C/C=C1\COC(/C=C(\C)C(=O)O[C@H]2C[C@]3(C(=O)O)CC[C@]4(C)C(=CC[C@@H]5[C@@]6(C)CC[C@H](O)C(C)(C)C6CC[C@]54C)[C@H]3CC2(C)C)C1. The molecule has 1 aliphatic heterocycles. The molecule has 6 rings (SSSR count). The minimum absolute atomic E-state index is 0.0653. The Morgan fingerprint density at radius 1 is 0.978 bits per heavy atom. The Hall–Kier alpha value is -1.92. The number of carboxylic acid groups (broad SMARTS) is 1. The highest BCUT2D eigenvalue weighted by molar-refractivity contribution is 5.88. The van der Waals surface area contributed by atoms with Crippen molar-refractivity contribution >= 4 is 11.9 Å². The normalized spacial score (nSPS) is 47.1. The van der Waals surface area contributed by atoms with Crippen LogP contribution in [-0.2, 0) is 19.1 Å². The molecule has 10 atom stereocenters. The van der Waals surface area contributed by atoms with Gasteiger partial charge in [0, 0.05) is 23.8 Å². The maximum atomic E-state index is 13.4. The molecule has 4 saturated carbocycles. The van der Waals surface area contributed by atoms with E-state index in [-0.39, 0.29) is 51.2 Å². The van der Waals surface area contributed by atoms with Gasteiger partial charge < -0.3 is 19.7 Å². The number of rotatable bonds is 4. The summed E-state index contributed by atoms with van der Waals surface area (Å²) in [4.78, 5) is 26.9. The lowest BCUT2D eigenvalue weighted by Gasteiger charge is -2.71. The summed E-state index contributed by atoms with van der Waals surface area (Å²) < 4.78 is 12.1. The number of allylic oxidation sites excluding steroid dienone is 3. The summed E-state index contributed by atoms with van der Waals surface area (Å²) in [5, 5.41) is 22.0. The van der Waals surface area contributed by atoms with E-state index in [0.717, 1.165) is 44.9 Å². The van der Waals surface area contributed by atoms with Crippen molar-refractivity contribution < 1.29 is 29.3 Å². The van der Waals surface area contributed by atoms with Crippen LogP contribution >= 0.6 is 0 Å². The molecule has 6 nitrogen and oxygen atoms in total. The van der Waals surface area contributed by atoms with Crippen LogP contribution in [-0.4, -0.2) is 47.1 Å². The maximum Gasteiger partial charge on any atom is 0.333 e. The quantitative estimate of drug-likeness (QED) is 0.183. The Bertz CT molecular complexity index is 1370. The van der Waals surface area contributed by atoms with Crippen LogP contribution < -0.4 is 0 Å². The van der Waals surface area contributed by atoms with E-state index in [2.05, 4.69) is 60.6 Å². The van der Waals surface area contributed by atoms with E-state index in [9.17, 15) is 19.8 Å². The molecular weight excluding hydrogens is 576 g/mol. The molecule has 0 bridgehead atoms. The standard InChI is InChI=1S/C40H60O6/c1-10-25-20-26(45-23-25)19-24(2)33(42)46-32-22-40(34(43)44)18-17-38(8)27(28(40)21-35(32,3)4)11-12-30-37(7)15-14-31(41)36(5,6)29(37)13-16-39(30,38)9/h10-11,19,26,28-32,41H,12-18,20-23H2,1-9H3,(H,43,44)/b24-19+,25-10-/t26?,28-,29?,30-,31+,32+,37+,38-,39-,40-/m1/s1. The van der Waals surface area contributed by atoms with Gasteiger partial charge in [-0.2, -0.15) is 0 Å². The van der Waals surface area contributed by atoms with Crippen molar-refractivity contribution in [3.63, 3.8) is 0 Å². The Balaban J connectivity index is 1.29. The van der Waals surface area contributed by atoms with E-state index in [1.807, 2.05) is 13.0 Å². The number of carbonyl (C=O) groups excluding carboxylic acids is 1. The minimum atomic E-state index is -0.944. The van der Waals surface area contributed by atoms with Crippen molar-refractivity contribution in [3.05, 3.63) is 34.9 Å². The number of hydrogen-bond donors (Lipinski definition) is 2. The van der Waals surface area contributed by atoms with Crippen molar-refractivity contribution in [2.45, 2.75) is 145 Å². The Labute approximate surface area is 277 Å². The largest absolute Gasteiger partial charge is 0.481 e. The smallest absolute Gasteiger partial charge is 0.333 e. The monoisotopic (exact) mass is 636 g/mol. The summed E-state index contributed by atoms with van der Waals surface area (Å²) in [7, 11) is 0. The molecule has 256 valence electrons. The second-order valence-electron chi connectivity index (χ2n) is 18.3. The number of carboxylic acids is 1. The number of ether oxygens (including phenoxy) is 2. The second-order valence-corrected chi connectivity index (χ2v) is 18.3. The van der Waals surface area contributed by atoms with E-state index in [4.69, 9.17) is 9.47 Å². The summed E-state index contributed by atoms with van der Waals surface area (Å²) >= 11 is 0. The fraction of sp³-hybridized carbons (Fsp3) is 0.800. The molecule has 46 heavy (non-hydrogen) atoms. The number of aliphatic carboxylic acids is 1. The van der Waals surface area contributed by atoms with E-state index in [0.29, 0.717) is 43.3 Å². The second kappa shape index (κ2) is 11.1.